The van der Waals surface area contributed by atoms with Gasteiger partial charge in [0.2, 0.25) is 5.78 Å². The summed E-state index contributed by atoms with van der Waals surface area (Å²) in [4.78, 5) is 80.4. The van der Waals surface area contributed by atoms with Crippen molar-refractivity contribution in [3.05, 3.63) is 102 Å². The lowest BCUT2D eigenvalue weighted by atomic mass is 9.72. The molecule has 23 heteroatoms. The molecule has 1 fully saturated rings. The Morgan fingerprint density at radius 3 is 2.48 bits per heavy atom. The second-order valence-corrected chi connectivity index (χ2v) is 15.1. The Kier molecular flexibility index (Phi) is 12.3. The van der Waals surface area contributed by atoms with E-state index in [4.69, 9.17) is 28.1 Å². The van der Waals surface area contributed by atoms with Crippen molar-refractivity contribution in [2.24, 2.45) is 0 Å². The number of aromatic hydroxyl groups is 2. The number of aromatic nitrogens is 2. The minimum Gasteiger partial charge on any atom is -0.507 e. The van der Waals surface area contributed by atoms with Gasteiger partial charge in [-0.25, -0.2) is 9.36 Å². The molecule has 2 aromatic heterocycles. The monoisotopic (exact) mass is 879 g/mol. The molecule has 0 bridgehead atoms. The van der Waals surface area contributed by atoms with Gasteiger partial charge in [-0.3, -0.25) is 24.5 Å². The largest absolute Gasteiger partial charge is 0.507 e. The number of nitro groups is 2. The number of furan rings is 1. The van der Waals surface area contributed by atoms with Crippen LogP contribution in [0.1, 0.15) is 81.5 Å². The number of ketones is 3. The lowest BCUT2D eigenvalue weighted by Crippen LogP contribution is -2.58. The Morgan fingerprint density at radius 2 is 1.79 bits per heavy atom. The summed E-state index contributed by atoms with van der Waals surface area (Å²) in [7, 11) is 1.29. The van der Waals surface area contributed by atoms with Gasteiger partial charge in [0.25, 0.3) is 0 Å². The van der Waals surface area contributed by atoms with E-state index in [-0.39, 0.29) is 66.5 Å². The van der Waals surface area contributed by atoms with Gasteiger partial charge < -0.3 is 63.5 Å². The number of imidazole rings is 1. The van der Waals surface area contributed by atoms with E-state index in [1.165, 1.54) is 55.3 Å². The average molecular weight is 880 g/mol. The maximum Gasteiger partial charge on any atom is 0.434 e. The fourth-order valence-electron chi connectivity index (χ4n) is 8.14. The quantitative estimate of drug-likeness (QED) is 0.0508. The molecule has 1 saturated heterocycles. The summed E-state index contributed by atoms with van der Waals surface area (Å²) in [6, 6.07) is 5.37. The third-order valence-corrected chi connectivity index (χ3v) is 11.3. The molecule has 0 radical (unpaired) electrons. The molecule has 23 nitrogen and oxygen atoms in total. The molecule has 2 aromatic carbocycles. The molecule has 4 aromatic rings. The van der Waals surface area contributed by atoms with Crippen molar-refractivity contribution in [3.8, 4) is 17.2 Å². The van der Waals surface area contributed by atoms with E-state index in [1.807, 2.05) is 0 Å². The van der Waals surface area contributed by atoms with E-state index in [1.54, 1.807) is 0 Å². The number of carbonyl (C=O) groups excluding carboxylic acids is 4. The van der Waals surface area contributed by atoms with Crippen LogP contribution < -0.4 is 4.74 Å². The number of carbonyl (C=O) groups is 4. The molecule has 1 aliphatic heterocycles. The van der Waals surface area contributed by atoms with Gasteiger partial charge in [0.15, 0.2) is 24.5 Å². The van der Waals surface area contributed by atoms with Gasteiger partial charge in [0.1, 0.15) is 52.0 Å². The average Bonchev–Trinajstić information content (AvgIpc) is 3.93. The van der Waals surface area contributed by atoms with Crippen molar-refractivity contribution in [2.45, 2.75) is 82.5 Å². The summed E-state index contributed by atoms with van der Waals surface area (Å²) in [5.74, 6) is -5.00. The Labute approximate surface area is 355 Å². The van der Waals surface area contributed by atoms with Gasteiger partial charge in [-0.1, -0.05) is 17.1 Å². The number of ether oxygens (including phenoxy) is 5. The minimum atomic E-state index is -2.22. The predicted octanol–water partition coefficient (Wildman–Crippen LogP) is 3.03. The van der Waals surface area contributed by atoms with Crippen molar-refractivity contribution in [1.82, 2.24) is 14.5 Å². The topological polar surface area (TPSA) is 316 Å². The van der Waals surface area contributed by atoms with E-state index in [9.17, 15) is 59.8 Å². The van der Waals surface area contributed by atoms with Gasteiger partial charge in [-0.05, 0) is 30.9 Å². The molecule has 7 rings (SSSR count). The lowest BCUT2D eigenvalue weighted by Gasteiger charge is -2.45. The number of rotatable bonds is 15. The van der Waals surface area contributed by atoms with Crippen LogP contribution in [0.3, 0.4) is 0 Å². The lowest BCUT2D eigenvalue weighted by molar-refractivity contribution is -0.402. The SMILES string of the molecule is COc1cccc2c1C(=O)c1c(O)c3c(c(O)c1C2=O)CC(O)(C(C)=O)CC3OC1CC(N(CCOCCn2ccnc2[N+](=O)[O-])C(=O)OCc2ccc([N+](=O)[O-])o2)C(O)C(C)O1. The second kappa shape index (κ2) is 17.5. The van der Waals surface area contributed by atoms with Gasteiger partial charge in [0, 0.05) is 42.5 Å². The third kappa shape index (κ3) is 8.30. The number of hydrogen-bond acceptors (Lipinski definition) is 19. The Hall–Kier alpha value is -6.79. The number of aliphatic hydroxyl groups is 2. The zero-order valence-corrected chi connectivity index (χ0v) is 33.8. The summed E-state index contributed by atoms with van der Waals surface area (Å²) in [6.07, 6.45) is -5.29. The molecule has 1 amide bonds. The number of methoxy groups -OCH3 is 1. The number of fused-ring (bicyclic) bond motifs is 3. The number of Topliss-reactive ketones (excluding diaryl/α,β-unsaturated/α-hetero) is 1. The molecule has 6 atom stereocenters. The molecular weight excluding hydrogens is 838 g/mol. The number of benzene rings is 2. The predicted molar refractivity (Wildman–Crippen MR) is 208 cm³/mol. The van der Waals surface area contributed by atoms with Gasteiger partial charge in [0.05, 0.1) is 67.9 Å². The minimum absolute atomic E-state index is 0.0196. The van der Waals surface area contributed by atoms with Crippen LogP contribution in [-0.4, -0.2) is 125 Å². The smallest absolute Gasteiger partial charge is 0.434 e. The first-order chi connectivity index (χ1) is 29.9. The first-order valence-corrected chi connectivity index (χ1v) is 19.4. The van der Waals surface area contributed by atoms with Crippen LogP contribution in [0.2, 0.25) is 0 Å². The fraction of sp³-hybridized carbons (Fsp3) is 0.425. The third-order valence-electron chi connectivity index (χ3n) is 11.3. The van der Waals surface area contributed by atoms with E-state index in [2.05, 4.69) is 4.98 Å². The van der Waals surface area contributed by atoms with Crippen molar-refractivity contribution >= 4 is 35.3 Å². The summed E-state index contributed by atoms with van der Waals surface area (Å²) in [6.45, 7) is 1.49. The highest BCUT2D eigenvalue weighted by Gasteiger charge is 2.50. The summed E-state index contributed by atoms with van der Waals surface area (Å²) in [5, 5.41) is 69.2. The van der Waals surface area contributed by atoms with Crippen LogP contribution in [0.4, 0.5) is 16.6 Å². The number of phenolic OH excluding ortho intramolecular Hbond substituents is 2. The Bertz CT molecular complexity index is 2500. The highest BCUT2D eigenvalue weighted by Crippen LogP contribution is 2.52. The Morgan fingerprint density at radius 1 is 1.05 bits per heavy atom. The molecule has 6 unspecified atom stereocenters. The highest BCUT2D eigenvalue weighted by molar-refractivity contribution is 6.31. The molecule has 0 spiro atoms. The van der Waals surface area contributed by atoms with E-state index in [0.717, 1.165) is 17.9 Å². The molecule has 2 aliphatic carbocycles. The molecular formula is C40H41N5O18. The molecule has 0 saturated carbocycles. The summed E-state index contributed by atoms with van der Waals surface area (Å²) < 4.78 is 35.2. The maximum atomic E-state index is 14.1. The zero-order chi connectivity index (χ0) is 45.5. The van der Waals surface area contributed by atoms with Crippen molar-refractivity contribution in [1.29, 1.82) is 0 Å². The van der Waals surface area contributed by atoms with Crippen molar-refractivity contribution < 1.29 is 77.6 Å². The van der Waals surface area contributed by atoms with Crippen LogP contribution in [0.15, 0.2) is 47.1 Å². The molecule has 63 heavy (non-hydrogen) atoms. The number of hydrogen-bond donors (Lipinski definition) is 4. The maximum absolute atomic E-state index is 14.1. The summed E-state index contributed by atoms with van der Waals surface area (Å²) >= 11 is 0. The van der Waals surface area contributed by atoms with E-state index < -0.39 is 123 Å². The molecule has 3 aliphatic rings. The summed E-state index contributed by atoms with van der Waals surface area (Å²) in [5.41, 5.74) is -4.05. The van der Waals surface area contributed by atoms with Crippen LogP contribution in [0.5, 0.6) is 17.2 Å². The van der Waals surface area contributed by atoms with Crippen molar-refractivity contribution in [3.63, 3.8) is 0 Å². The number of phenols is 2. The normalized spacial score (nSPS) is 22.7. The van der Waals surface area contributed by atoms with Gasteiger partial charge in [-0.15, -0.1) is 0 Å². The van der Waals surface area contributed by atoms with E-state index in [0.29, 0.717) is 0 Å². The standard InChI is InChI=1S/C40H41N5O18/c1-19-33(47)24(43(39(52)60-18-21-7-8-27(62-21)44(54)55)12-14-59-13-11-42-10-9-41-38(42)45(56)57)15-28(61-19)63-26-17-40(53,20(2)46)16-23-30(26)37(51)32-31(35(23)49)34(48)22-5-4-6-25(58-3)29(22)36(32)50/h4-10,19,24,26,28,33,47,49,51,53H,11-18H2,1-3H3. The molecule has 4 N–H and O–H groups in total. The fourth-order valence-corrected chi connectivity index (χ4v) is 8.14. The van der Waals surface area contributed by atoms with Crippen LogP contribution >= 0.6 is 0 Å². The number of nitrogens with zero attached hydrogens (tertiary/aromatic N) is 5. The molecule has 3 heterocycles. The zero-order valence-electron chi connectivity index (χ0n) is 33.8. The first-order valence-electron chi connectivity index (χ1n) is 19.4. The number of amides is 1. The van der Waals surface area contributed by atoms with Crippen LogP contribution in [0.25, 0.3) is 0 Å². The molecule has 334 valence electrons. The van der Waals surface area contributed by atoms with Gasteiger partial charge in [-0.2, -0.15) is 0 Å². The van der Waals surface area contributed by atoms with Crippen molar-refractivity contribution in [2.75, 3.05) is 26.9 Å². The number of aliphatic hydroxyl groups excluding tert-OH is 1. The van der Waals surface area contributed by atoms with E-state index >= 15 is 0 Å². The Balaban J connectivity index is 1.18. The van der Waals surface area contributed by atoms with Gasteiger partial charge >= 0.3 is 17.9 Å². The van der Waals surface area contributed by atoms with Crippen LogP contribution in [0, 0.1) is 20.2 Å². The van der Waals surface area contributed by atoms with Crippen LogP contribution in [-0.2, 0) is 43.3 Å². The second-order valence-electron chi connectivity index (χ2n) is 15.1. The first kappa shape index (κ1) is 44.3. The highest BCUT2D eigenvalue weighted by atomic mass is 16.7.